The molecule has 6 nitrogen and oxygen atoms in total. The van der Waals surface area contributed by atoms with Crippen molar-refractivity contribution in [1.29, 1.82) is 0 Å². The molecule has 0 spiro atoms. The monoisotopic (exact) mass is 384 g/mol. The van der Waals surface area contributed by atoms with Gasteiger partial charge in [0.1, 0.15) is 5.75 Å². The fourth-order valence-electron chi connectivity index (χ4n) is 2.56. The van der Waals surface area contributed by atoms with Gasteiger partial charge >= 0.3 is 5.97 Å². The van der Waals surface area contributed by atoms with Crippen LogP contribution in [0.25, 0.3) is 10.2 Å². The predicted octanol–water partition coefficient (Wildman–Crippen LogP) is 3.73. The highest BCUT2D eigenvalue weighted by atomic mass is 32.1. The molecule has 0 saturated carbocycles. The Labute approximate surface area is 161 Å². The number of thiazole rings is 1. The summed E-state index contributed by atoms with van der Waals surface area (Å²) in [4.78, 5) is 28.4. The van der Waals surface area contributed by atoms with Gasteiger partial charge in [-0.2, -0.15) is 0 Å². The van der Waals surface area contributed by atoms with Gasteiger partial charge in [-0.05, 0) is 36.8 Å². The van der Waals surface area contributed by atoms with Gasteiger partial charge in [-0.3, -0.25) is 9.59 Å². The number of hydrogen-bond acceptors (Lipinski definition) is 6. The second-order valence-electron chi connectivity index (χ2n) is 5.99. The van der Waals surface area contributed by atoms with Crippen LogP contribution in [0.2, 0.25) is 0 Å². The van der Waals surface area contributed by atoms with Crippen LogP contribution in [0, 0.1) is 6.92 Å². The van der Waals surface area contributed by atoms with Gasteiger partial charge in [-0.15, -0.1) is 11.3 Å². The van der Waals surface area contributed by atoms with Crippen LogP contribution in [0.1, 0.15) is 17.0 Å². The molecule has 0 unspecified atom stereocenters. The van der Waals surface area contributed by atoms with E-state index in [9.17, 15) is 9.59 Å². The van der Waals surface area contributed by atoms with Crippen LogP contribution in [-0.2, 0) is 20.7 Å². The summed E-state index contributed by atoms with van der Waals surface area (Å²) in [6, 6.07) is 13.3. The van der Waals surface area contributed by atoms with Gasteiger partial charge in [-0.25, -0.2) is 4.98 Å². The zero-order valence-electron chi connectivity index (χ0n) is 15.2. The fourth-order valence-corrected chi connectivity index (χ4v) is 3.53. The summed E-state index contributed by atoms with van der Waals surface area (Å²) in [6.07, 6.45) is 0.673. The third-order valence-electron chi connectivity index (χ3n) is 3.87. The number of carbonyl (C=O) groups excluding carboxylic acids is 2. The summed E-state index contributed by atoms with van der Waals surface area (Å²) in [5, 5.41) is 3.57. The van der Waals surface area contributed by atoms with E-state index in [-0.39, 0.29) is 13.0 Å². The number of fused-ring (bicyclic) bond motifs is 1. The highest BCUT2D eigenvalue weighted by molar-refractivity contribution is 7.18. The van der Waals surface area contributed by atoms with E-state index in [0.29, 0.717) is 17.9 Å². The molecule has 0 aliphatic rings. The van der Waals surface area contributed by atoms with E-state index < -0.39 is 11.9 Å². The average molecular weight is 384 g/mol. The molecule has 3 rings (SSSR count). The zero-order chi connectivity index (χ0) is 19.2. The number of nitrogens with zero attached hydrogens (tertiary/aromatic N) is 1. The largest absolute Gasteiger partial charge is 0.495 e. The van der Waals surface area contributed by atoms with Crippen LogP contribution in [0.15, 0.2) is 42.5 Å². The molecule has 1 N–H and O–H groups in total. The third-order valence-corrected chi connectivity index (χ3v) is 4.97. The molecule has 0 radical (unpaired) electrons. The van der Waals surface area contributed by atoms with Gasteiger partial charge in [0, 0.05) is 6.42 Å². The van der Waals surface area contributed by atoms with E-state index in [1.807, 2.05) is 37.3 Å². The minimum absolute atomic E-state index is 0.181. The van der Waals surface area contributed by atoms with Gasteiger partial charge in [0.25, 0.3) is 5.91 Å². The quantitative estimate of drug-likeness (QED) is 0.628. The predicted molar refractivity (Wildman–Crippen MR) is 105 cm³/mol. The van der Waals surface area contributed by atoms with Crippen LogP contribution >= 0.6 is 11.3 Å². The van der Waals surface area contributed by atoms with Gasteiger partial charge in [0.15, 0.2) is 6.61 Å². The van der Waals surface area contributed by atoms with Crippen LogP contribution in [-0.4, -0.2) is 30.6 Å². The Morgan fingerprint density at radius 2 is 2.00 bits per heavy atom. The summed E-state index contributed by atoms with van der Waals surface area (Å²) < 4.78 is 11.4. The molecule has 1 aromatic heterocycles. The molecule has 1 amide bonds. The zero-order valence-corrected chi connectivity index (χ0v) is 16.0. The molecule has 0 aliphatic carbocycles. The second kappa shape index (κ2) is 8.64. The summed E-state index contributed by atoms with van der Waals surface area (Å²) in [5.41, 5.74) is 2.46. The molecule has 3 aromatic rings. The number of carbonyl (C=O) groups is 2. The number of nitrogens with one attached hydrogen (secondary N) is 1. The van der Waals surface area contributed by atoms with Crippen LogP contribution in [0.3, 0.4) is 0 Å². The molecule has 1 heterocycles. The number of hydrogen-bond donors (Lipinski definition) is 1. The Kier molecular flexibility index (Phi) is 6.03. The molecular formula is C20H20N2O4S. The summed E-state index contributed by atoms with van der Waals surface area (Å²) in [6.45, 7) is 1.58. The number of para-hydroxylation sites is 1. The molecule has 0 bridgehead atoms. The molecule has 140 valence electrons. The highest BCUT2D eigenvalue weighted by Gasteiger charge is 2.12. The highest BCUT2D eigenvalue weighted by Crippen LogP contribution is 2.25. The first-order chi connectivity index (χ1) is 13.0. The molecule has 7 heteroatoms. The number of methoxy groups -OCH3 is 1. The van der Waals surface area contributed by atoms with Crippen molar-refractivity contribution in [3.05, 3.63) is 53.0 Å². The minimum atomic E-state index is -0.430. The Morgan fingerprint density at radius 3 is 2.78 bits per heavy atom. The molecule has 0 fully saturated rings. The maximum absolute atomic E-state index is 12.0. The first kappa shape index (κ1) is 18.8. The standard InChI is InChI=1S/C20H20N2O4S/c1-13-7-8-16(25-2)15(11-13)21-18(23)12-26-20(24)10-9-19-22-14-5-3-4-6-17(14)27-19/h3-8,11H,9-10,12H2,1-2H3,(H,21,23). The van der Waals surface area contributed by atoms with Crippen LogP contribution in [0.5, 0.6) is 5.75 Å². The lowest BCUT2D eigenvalue weighted by Crippen LogP contribution is -2.21. The number of benzene rings is 2. The van der Waals surface area contributed by atoms with E-state index in [2.05, 4.69) is 10.3 Å². The lowest BCUT2D eigenvalue weighted by molar-refractivity contribution is -0.147. The van der Waals surface area contributed by atoms with Gasteiger partial charge in [0.2, 0.25) is 0 Å². The molecule has 0 saturated heterocycles. The molecule has 27 heavy (non-hydrogen) atoms. The maximum atomic E-state index is 12.0. The molecule has 0 aliphatic heterocycles. The van der Waals surface area contributed by atoms with E-state index >= 15 is 0 Å². The average Bonchev–Trinajstić information content (AvgIpc) is 3.08. The van der Waals surface area contributed by atoms with Crippen molar-refractivity contribution in [3.8, 4) is 5.75 Å². The van der Waals surface area contributed by atoms with Crippen molar-refractivity contribution in [1.82, 2.24) is 4.98 Å². The van der Waals surface area contributed by atoms with Crippen molar-refractivity contribution >= 4 is 39.1 Å². The summed E-state index contributed by atoms with van der Waals surface area (Å²) >= 11 is 1.56. The third kappa shape index (κ3) is 5.04. The lowest BCUT2D eigenvalue weighted by atomic mass is 10.2. The smallest absolute Gasteiger partial charge is 0.306 e. The van der Waals surface area contributed by atoms with Crippen LogP contribution in [0.4, 0.5) is 5.69 Å². The molecule has 2 aromatic carbocycles. The Bertz CT molecular complexity index is 935. The number of ether oxygens (including phenoxy) is 2. The SMILES string of the molecule is COc1ccc(C)cc1NC(=O)COC(=O)CCc1nc2ccccc2s1. The Morgan fingerprint density at radius 1 is 1.19 bits per heavy atom. The number of amides is 1. The number of aromatic nitrogens is 1. The maximum Gasteiger partial charge on any atom is 0.306 e. The minimum Gasteiger partial charge on any atom is -0.495 e. The number of rotatable bonds is 7. The van der Waals surface area contributed by atoms with E-state index in [4.69, 9.17) is 9.47 Å². The fraction of sp³-hybridized carbons (Fsp3) is 0.250. The first-order valence-electron chi connectivity index (χ1n) is 8.49. The Hall–Kier alpha value is -2.93. The van der Waals surface area contributed by atoms with E-state index in [0.717, 1.165) is 20.8 Å². The van der Waals surface area contributed by atoms with Gasteiger partial charge < -0.3 is 14.8 Å². The van der Waals surface area contributed by atoms with E-state index in [1.165, 1.54) is 7.11 Å². The van der Waals surface area contributed by atoms with Crippen molar-refractivity contribution in [3.63, 3.8) is 0 Å². The molecular weight excluding hydrogens is 364 g/mol. The Balaban J connectivity index is 1.47. The summed E-state index contributed by atoms with van der Waals surface area (Å²) in [5.74, 6) is -0.288. The van der Waals surface area contributed by atoms with Crippen molar-refractivity contribution in [2.75, 3.05) is 19.0 Å². The number of aryl methyl sites for hydroxylation is 2. The van der Waals surface area contributed by atoms with Crippen LogP contribution < -0.4 is 10.1 Å². The van der Waals surface area contributed by atoms with Crippen molar-refractivity contribution in [2.45, 2.75) is 19.8 Å². The first-order valence-corrected chi connectivity index (χ1v) is 9.31. The summed E-state index contributed by atoms with van der Waals surface area (Å²) in [7, 11) is 1.53. The van der Waals surface area contributed by atoms with Crippen molar-refractivity contribution < 1.29 is 19.1 Å². The number of anilines is 1. The number of esters is 1. The molecule has 0 atom stereocenters. The van der Waals surface area contributed by atoms with Gasteiger partial charge in [0.05, 0.1) is 34.4 Å². The van der Waals surface area contributed by atoms with Crippen molar-refractivity contribution in [2.24, 2.45) is 0 Å². The van der Waals surface area contributed by atoms with Gasteiger partial charge in [-0.1, -0.05) is 18.2 Å². The second-order valence-corrected chi connectivity index (χ2v) is 7.10. The van der Waals surface area contributed by atoms with E-state index in [1.54, 1.807) is 23.5 Å². The normalized spacial score (nSPS) is 10.6. The topological polar surface area (TPSA) is 77.5 Å². The lowest BCUT2D eigenvalue weighted by Gasteiger charge is -2.11.